The average molecular weight is 288 g/mol. The Kier molecular flexibility index (Phi) is 7.87. The van der Waals surface area contributed by atoms with Gasteiger partial charge in [0.2, 0.25) is 0 Å². The summed E-state index contributed by atoms with van der Waals surface area (Å²) in [6.45, 7) is 9.75. The molecule has 0 N–H and O–H groups in total. The van der Waals surface area contributed by atoms with Gasteiger partial charge in [0.05, 0.1) is 12.7 Å². The molecular weight excluding hydrogens is 264 g/mol. The number of hydrogen-bond donors (Lipinski definition) is 0. The monoisotopic (exact) mass is 288 g/mol. The molecule has 0 aromatic heterocycles. The molecule has 0 aromatic carbocycles. The third-order valence-electron chi connectivity index (χ3n) is 2.70. The Morgan fingerprint density at radius 1 is 0.900 bits per heavy atom. The maximum absolute atomic E-state index is 11.7. The Morgan fingerprint density at radius 2 is 1.45 bits per heavy atom. The standard InChI is InChI=1S/C14H24O6/c1-8(2)19-14(17)10(4)13(16)18-7-9(3)11(5)20-12(6)15/h8-11H,7H2,1-6H3. The van der Waals surface area contributed by atoms with Crippen LogP contribution in [0.3, 0.4) is 0 Å². The van der Waals surface area contributed by atoms with Gasteiger partial charge in [-0.2, -0.15) is 0 Å². The summed E-state index contributed by atoms with van der Waals surface area (Å²) in [6.07, 6.45) is -0.640. The van der Waals surface area contributed by atoms with Crippen molar-refractivity contribution in [2.45, 2.75) is 53.8 Å². The van der Waals surface area contributed by atoms with Gasteiger partial charge in [0.25, 0.3) is 0 Å². The van der Waals surface area contributed by atoms with Crippen molar-refractivity contribution in [3.8, 4) is 0 Å². The summed E-state index contributed by atoms with van der Waals surface area (Å²) in [6, 6.07) is 0. The number of rotatable bonds is 7. The highest BCUT2D eigenvalue weighted by Crippen LogP contribution is 2.10. The topological polar surface area (TPSA) is 78.9 Å². The highest BCUT2D eigenvalue weighted by molar-refractivity contribution is 5.94. The zero-order valence-electron chi connectivity index (χ0n) is 13.0. The Hall–Kier alpha value is -1.59. The van der Waals surface area contributed by atoms with Gasteiger partial charge in [0.15, 0.2) is 5.92 Å². The van der Waals surface area contributed by atoms with E-state index in [1.54, 1.807) is 27.7 Å². The normalized spacial score (nSPS) is 15.2. The van der Waals surface area contributed by atoms with Crippen molar-refractivity contribution in [3.05, 3.63) is 0 Å². The Balaban J connectivity index is 4.21. The predicted molar refractivity (Wildman–Crippen MR) is 71.7 cm³/mol. The van der Waals surface area contributed by atoms with Crippen molar-refractivity contribution in [1.82, 2.24) is 0 Å². The first-order valence-corrected chi connectivity index (χ1v) is 6.69. The highest BCUT2D eigenvalue weighted by atomic mass is 16.6. The van der Waals surface area contributed by atoms with Crippen LogP contribution in [0.25, 0.3) is 0 Å². The zero-order chi connectivity index (χ0) is 15.9. The third kappa shape index (κ3) is 7.11. The van der Waals surface area contributed by atoms with Crippen LogP contribution in [0, 0.1) is 11.8 Å². The molecule has 3 atom stereocenters. The van der Waals surface area contributed by atoms with E-state index < -0.39 is 17.9 Å². The van der Waals surface area contributed by atoms with Crippen LogP contribution in [0.2, 0.25) is 0 Å². The Morgan fingerprint density at radius 3 is 1.90 bits per heavy atom. The van der Waals surface area contributed by atoms with Crippen LogP contribution in [0.5, 0.6) is 0 Å². The van der Waals surface area contributed by atoms with Crippen LogP contribution in [0.4, 0.5) is 0 Å². The molecule has 3 unspecified atom stereocenters. The predicted octanol–water partition coefficient (Wildman–Crippen LogP) is 1.70. The molecular formula is C14H24O6. The zero-order valence-corrected chi connectivity index (χ0v) is 13.0. The summed E-state index contributed by atoms with van der Waals surface area (Å²) in [7, 11) is 0. The van der Waals surface area contributed by atoms with E-state index in [-0.39, 0.29) is 30.7 Å². The molecule has 6 heteroatoms. The van der Waals surface area contributed by atoms with Crippen molar-refractivity contribution < 1.29 is 28.6 Å². The van der Waals surface area contributed by atoms with Gasteiger partial charge in [-0.15, -0.1) is 0 Å². The van der Waals surface area contributed by atoms with Crippen LogP contribution >= 0.6 is 0 Å². The van der Waals surface area contributed by atoms with Gasteiger partial charge in [-0.25, -0.2) is 0 Å². The van der Waals surface area contributed by atoms with Crippen molar-refractivity contribution in [3.63, 3.8) is 0 Å². The lowest BCUT2D eigenvalue weighted by molar-refractivity contribution is -0.164. The quantitative estimate of drug-likeness (QED) is 0.403. The number of esters is 3. The van der Waals surface area contributed by atoms with Gasteiger partial charge < -0.3 is 14.2 Å². The average Bonchev–Trinajstić information content (AvgIpc) is 2.32. The smallest absolute Gasteiger partial charge is 0.320 e. The molecule has 0 radical (unpaired) electrons. The van der Waals surface area contributed by atoms with Crippen molar-refractivity contribution in [2.24, 2.45) is 11.8 Å². The van der Waals surface area contributed by atoms with Crippen molar-refractivity contribution >= 4 is 17.9 Å². The second kappa shape index (κ2) is 8.55. The third-order valence-corrected chi connectivity index (χ3v) is 2.70. The van der Waals surface area contributed by atoms with E-state index in [1.807, 2.05) is 0 Å². The molecule has 0 aromatic rings. The Labute approximate surface area is 119 Å². The van der Waals surface area contributed by atoms with Crippen molar-refractivity contribution in [2.75, 3.05) is 6.61 Å². The minimum absolute atomic E-state index is 0.0760. The first kappa shape index (κ1) is 18.4. The van der Waals surface area contributed by atoms with Gasteiger partial charge in [0.1, 0.15) is 6.10 Å². The fourth-order valence-electron chi connectivity index (χ4n) is 1.28. The molecule has 0 rings (SSSR count). The van der Waals surface area contributed by atoms with E-state index in [2.05, 4.69) is 0 Å². The maximum atomic E-state index is 11.7. The second-order valence-electron chi connectivity index (χ2n) is 5.13. The maximum Gasteiger partial charge on any atom is 0.320 e. The molecule has 0 spiro atoms. The molecule has 0 saturated carbocycles. The molecule has 116 valence electrons. The van der Waals surface area contributed by atoms with Gasteiger partial charge >= 0.3 is 17.9 Å². The summed E-state index contributed by atoms with van der Waals surface area (Å²) in [5, 5.41) is 0. The number of carbonyl (C=O) groups excluding carboxylic acids is 3. The van der Waals surface area contributed by atoms with Crippen LogP contribution in [-0.4, -0.2) is 36.7 Å². The first-order chi connectivity index (χ1) is 9.15. The molecule has 20 heavy (non-hydrogen) atoms. The summed E-state index contributed by atoms with van der Waals surface area (Å²) >= 11 is 0. The molecule has 0 aliphatic carbocycles. The van der Waals surface area contributed by atoms with Gasteiger partial charge in [0, 0.05) is 12.8 Å². The fourth-order valence-corrected chi connectivity index (χ4v) is 1.28. The van der Waals surface area contributed by atoms with Crippen LogP contribution in [-0.2, 0) is 28.6 Å². The fraction of sp³-hybridized carbons (Fsp3) is 0.786. The molecule has 0 aliphatic rings. The van der Waals surface area contributed by atoms with E-state index in [0.717, 1.165) is 0 Å². The Bertz CT molecular complexity index is 350. The molecule has 0 saturated heterocycles. The van der Waals surface area contributed by atoms with E-state index >= 15 is 0 Å². The number of ether oxygens (including phenoxy) is 3. The number of hydrogen-bond acceptors (Lipinski definition) is 6. The van der Waals surface area contributed by atoms with Crippen LogP contribution in [0.1, 0.15) is 41.5 Å². The molecule has 0 fully saturated rings. The molecule has 0 bridgehead atoms. The van der Waals surface area contributed by atoms with Crippen LogP contribution < -0.4 is 0 Å². The van der Waals surface area contributed by atoms with Crippen LogP contribution in [0.15, 0.2) is 0 Å². The largest absolute Gasteiger partial charge is 0.465 e. The summed E-state index contributed by atoms with van der Waals surface area (Å²) in [4.78, 5) is 34.0. The summed E-state index contributed by atoms with van der Waals surface area (Å²) in [5.41, 5.74) is 0. The molecule has 6 nitrogen and oxygen atoms in total. The lowest BCUT2D eigenvalue weighted by Crippen LogP contribution is -2.30. The van der Waals surface area contributed by atoms with E-state index in [1.165, 1.54) is 13.8 Å². The second-order valence-corrected chi connectivity index (χ2v) is 5.13. The van der Waals surface area contributed by atoms with Gasteiger partial charge in [-0.05, 0) is 27.7 Å². The highest BCUT2D eigenvalue weighted by Gasteiger charge is 2.26. The molecule has 0 aliphatic heterocycles. The number of carbonyl (C=O) groups is 3. The lowest BCUT2D eigenvalue weighted by Gasteiger charge is -2.20. The van der Waals surface area contributed by atoms with E-state index in [0.29, 0.717) is 0 Å². The lowest BCUT2D eigenvalue weighted by atomic mass is 10.1. The SMILES string of the molecule is CC(=O)OC(C)C(C)COC(=O)C(C)C(=O)OC(C)C. The molecule has 0 heterocycles. The van der Waals surface area contributed by atoms with Crippen molar-refractivity contribution in [1.29, 1.82) is 0 Å². The van der Waals surface area contributed by atoms with E-state index in [4.69, 9.17) is 14.2 Å². The summed E-state index contributed by atoms with van der Waals surface area (Å²) in [5.74, 6) is -2.75. The molecule has 0 amide bonds. The first-order valence-electron chi connectivity index (χ1n) is 6.69. The minimum Gasteiger partial charge on any atom is -0.465 e. The van der Waals surface area contributed by atoms with E-state index in [9.17, 15) is 14.4 Å². The van der Waals surface area contributed by atoms with Gasteiger partial charge in [-0.3, -0.25) is 14.4 Å². The minimum atomic E-state index is -0.964. The summed E-state index contributed by atoms with van der Waals surface area (Å²) < 4.78 is 15.0. The van der Waals surface area contributed by atoms with Gasteiger partial charge in [-0.1, -0.05) is 6.92 Å².